The monoisotopic (exact) mass is 401 g/mol. The summed E-state index contributed by atoms with van der Waals surface area (Å²) in [5.41, 5.74) is 1.15. The number of nitrogens with zero attached hydrogens (tertiary/aromatic N) is 1. The molecule has 8 heteroatoms. The largest absolute Gasteiger partial charge is 0.493 e. The van der Waals surface area contributed by atoms with Gasteiger partial charge < -0.3 is 15.4 Å². The summed E-state index contributed by atoms with van der Waals surface area (Å²) in [5, 5.41) is 13.4. The number of halogens is 1. The Bertz CT molecular complexity index is 1010. The number of para-hydroxylation sites is 1. The molecule has 0 spiro atoms. The number of benzene rings is 2. The highest BCUT2D eigenvalue weighted by Crippen LogP contribution is 2.22. The number of nitrogens with one attached hydrogen (secondary N) is 2. The fraction of sp³-hybridized carbons (Fsp3) is 0.105. The van der Waals surface area contributed by atoms with Gasteiger partial charge in [0.05, 0.1) is 22.0 Å². The van der Waals surface area contributed by atoms with Crippen molar-refractivity contribution in [3.8, 4) is 5.88 Å². The molecule has 2 aromatic carbocycles. The summed E-state index contributed by atoms with van der Waals surface area (Å²) < 4.78 is 0. The molecule has 3 N–H and O–H groups in total. The van der Waals surface area contributed by atoms with Gasteiger partial charge in [-0.2, -0.15) is 4.98 Å². The van der Waals surface area contributed by atoms with Gasteiger partial charge in [-0.1, -0.05) is 65.8 Å². The SMILES string of the molecule is O=C(CSc1nc(O)c(Cc2ccccc2)c(=O)[nH]1)Nc1ccccc1Cl. The third kappa shape index (κ3) is 5.12. The van der Waals surface area contributed by atoms with Crippen LogP contribution in [0, 0.1) is 0 Å². The van der Waals surface area contributed by atoms with E-state index >= 15 is 0 Å². The van der Waals surface area contributed by atoms with Crippen LogP contribution in [0.4, 0.5) is 5.69 Å². The molecule has 0 unspecified atom stereocenters. The molecule has 0 aliphatic rings. The summed E-state index contributed by atoms with van der Waals surface area (Å²) in [7, 11) is 0. The van der Waals surface area contributed by atoms with Crippen molar-refractivity contribution < 1.29 is 9.90 Å². The average molecular weight is 402 g/mol. The maximum atomic E-state index is 12.3. The fourth-order valence-corrected chi connectivity index (χ4v) is 3.22. The molecule has 1 heterocycles. The number of H-pyrrole nitrogens is 1. The Kier molecular flexibility index (Phi) is 6.16. The van der Waals surface area contributed by atoms with E-state index < -0.39 is 5.56 Å². The summed E-state index contributed by atoms with van der Waals surface area (Å²) >= 11 is 7.01. The topological polar surface area (TPSA) is 95.1 Å². The van der Waals surface area contributed by atoms with Crippen molar-refractivity contribution in [3.05, 3.63) is 81.1 Å². The number of carbonyl (C=O) groups is 1. The first-order valence-electron chi connectivity index (χ1n) is 8.06. The van der Waals surface area contributed by atoms with Gasteiger partial charge in [-0.15, -0.1) is 0 Å². The molecule has 0 aliphatic carbocycles. The number of thioether (sulfide) groups is 1. The van der Waals surface area contributed by atoms with Gasteiger partial charge in [-0.05, 0) is 17.7 Å². The second-order valence-electron chi connectivity index (χ2n) is 5.65. The first kappa shape index (κ1) is 19.0. The number of hydrogen-bond donors (Lipinski definition) is 3. The Morgan fingerprint density at radius 1 is 1.15 bits per heavy atom. The summed E-state index contributed by atoms with van der Waals surface area (Å²) in [4.78, 5) is 30.9. The molecule has 0 atom stereocenters. The number of carbonyl (C=O) groups excluding carboxylic acids is 1. The maximum Gasteiger partial charge on any atom is 0.258 e. The molecular formula is C19H16ClN3O3S. The van der Waals surface area contributed by atoms with Gasteiger partial charge in [0.2, 0.25) is 11.8 Å². The van der Waals surface area contributed by atoms with E-state index in [1.54, 1.807) is 24.3 Å². The van der Waals surface area contributed by atoms with Crippen molar-refractivity contribution in [3.63, 3.8) is 0 Å². The molecule has 1 aromatic heterocycles. The molecular weight excluding hydrogens is 386 g/mol. The van der Waals surface area contributed by atoms with E-state index in [1.165, 1.54) is 0 Å². The lowest BCUT2D eigenvalue weighted by Gasteiger charge is -2.08. The Morgan fingerprint density at radius 3 is 2.56 bits per heavy atom. The van der Waals surface area contributed by atoms with Crippen molar-refractivity contribution in [1.29, 1.82) is 0 Å². The van der Waals surface area contributed by atoms with Gasteiger partial charge in [-0.3, -0.25) is 9.59 Å². The van der Waals surface area contributed by atoms with Crippen LogP contribution in [0.2, 0.25) is 5.02 Å². The molecule has 0 aliphatic heterocycles. The minimum absolute atomic E-state index is 0.00559. The lowest BCUT2D eigenvalue weighted by molar-refractivity contribution is -0.113. The minimum Gasteiger partial charge on any atom is -0.493 e. The quantitative estimate of drug-likeness (QED) is 0.434. The maximum absolute atomic E-state index is 12.3. The number of aromatic hydroxyl groups is 1. The second kappa shape index (κ2) is 8.75. The van der Waals surface area contributed by atoms with Gasteiger partial charge in [0, 0.05) is 6.42 Å². The van der Waals surface area contributed by atoms with Gasteiger partial charge in [0.15, 0.2) is 5.16 Å². The van der Waals surface area contributed by atoms with Crippen LogP contribution in [0.5, 0.6) is 5.88 Å². The normalized spacial score (nSPS) is 10.6. The van der Waals surface area contributed by atoms with E-state index in [4.69, 9.17) is 11.6 Å². The molecule has 0 saturated carbocycles. The highest BCUT2D eigenvalue weighted by atomic mass is 35.5. The lowest BCUT2D eigenvalue weighted by atomic mass is 10.1. The zero-order valence-corrected chi connectivity index (χ0v) is 15.7. The number of amides is 1. The molecule has 1 amide bonds. The third-order valence-electron chi connectivity index (χ3n) is 3.68. The molecule has 27 heavy (non-hydrogen) atoms. The van der Waals surface area contributed by atoms with Crippen LogP contribution in [-0.2, 0) is 11.2 Å². The van der Waals surface area contributed by atoms with E-state index in [-0.39, 0.29) is 34.7 Å². The highest BCUT2D eigenvalue weighted by Gasteiger charge is 2.13. The summed E-state index contributed by atoms with van der Waals surface area (Å²) in [6, 6.07) is 16.2. The Morgan fingerprint density at radius 2 is 1.85 bits per heavy atom. The molecule has 0 saturated heterocycles. The van der Waals surface area contributed by atoms with Crippen molar-refractivity contribution in [2.45, 2.75) is 11.6 Å². The molecule has 6 nitrogen and oxygen atoms in total. The molecule has 3 aromatic rings. The predicted octanol–water partition coefficient (Wildman–Crippen LogP) is 3.45. The molecule has 138 valence electrons. The van der Waals surface area contributed by atoms with Crippen LogP contribution in [0.1, 0.15) is 11.1 Å². The number of anilines is 1. The average Bonchev–Trinajstić information content (AvgIpc) is 2.66. The first-order chi connectivity index (χ1) is 13.0. The number of rotatable bonds is 6. The van der Waals surface area contributed by atoms with Crippen LogP contribution in [0.3, 0.4) is 0 Å². The summed E-state index contributed by atoms with van der Waals surface area (Å²) in [6.45, 7) is 0. The molecule has 0 bridgehead atoms. The Balaban J connectivity index is 1.65. The van der Waals surface area contributed by atoms with Crippen LogP contribution in [0.25, 0.3) is 0 Å². The van der Waals surface area contributed by atoms with E-state index in [2.05, 4.69) is 15.3 Å². The van der Waals surface area contributed by atoms with E-state index in [0.29, 0.717) is 10.7 Å². The van der Waals surface area contributed by atoms with Gasteiger partial charge >= 0.3 is 0 Å². The van der Waals surface area contributed by atoms with Crippen LogP contribution in [-0.4, -0.2) is 26.7 Å². The predicted molar refractivity (Wildman–Crippen MR) is 107 cm³/mol. The Labute approximate surface area is 164 Å². The lowest BCUT2D eigenvalue weighted by Crippen LogP contribution is -2.17. The van der Waals surface area contributed by atoms with E-state index in [0.717, 1.165) is 17.3 Å². The van der Waals surface area contributed by atoms with Gasteiger partial charge in [-0.25, -0.2) is 0 Å². The van der Waals surface area contributed by atoms with Gasteiger partial charge in [0.1, 0.15) is 0 Å². The highest BCUT2D eigenvalue weighted by molar-refractivity contribution is 7.99. The van der Waals surface area contributed by atoms with Crippen LogP contribution >= 0.6 is 23.4 Å². The summed E-state index contributed by atoms with van der Waals surface area (Å²) in [5.74, 6) is -0.633. The van der Waals surface area contributed by atoms with Crippen LogP contribution in [0.15, 0.2) is 64.5 Å². The standard InChI is InChI=1S/C19H16ClN3O3S/c20-14-8-4-5-9-15(14)21-16(24)11-27-19-22-17(25)13(18(26)23-19)10-12-6-2-1-3-7-12/h1-9H,10-11H2,(H,21,24)(H2,22,23,25,26). The molecule has 0 radical (unpaired) electrons. The zero-order valence-electron chi connectivity index (χ0n) is 14.1. The number of aromatic nitrogens is 2. The van der Waals surface area contributed by atoms with Gasteiger partial charge in [0.25, 0.3) is 5.56 Å². The van der Waals surface area contributed by atoms with E-state index in [9.17, 15) is 14.7 Å². The smallest absolute Gasteiger partial charge is 0.258 e. The van der Waals surface area contributed by atoms with Crippen molar-refractivity contribution in [2.24, 2.45) is 0 Å². The zero-order chi connectivity index (χ0) is 19.2. The Hall–Kier alpha value is -2.77. The van der Waals surface area contributed by atoms with E-state index in [1.807, 2.05) is 30.3 Å². The fourth-order valence-electron chi connectivity index (χ4n) is 2.38. The third-order valence-corrected chi connectivity index (χ3v) is 4.89. The first-order valence-corrected chi connectivity index (χ1v) is 9.42. The van der Waals surface area contributed by atoms with Crippen molar-refractivity contribution in [1.82, 2.24) is 9.97 Å². The van der Waals surface area contributed by atoms with Crippen molar-refractivity contribution in [2.75, 3.05) is 11.1 Å². The number of hydrogen-bond acceptors (Lipinski definition) is 5. The minimum atomic E-state index is -0.430. The molecule has 3 rings (SSSR count). The van der Waals surface area contributed by atoms with Crippen LogP contribution < -0.4 is 10.9 Å². The molecule has 0 fully saturated rings. The second-order valence-corrected chi connectivity index (χ2v) is 7.02. The number of aromatic amines is 1. The van der Waals surface area contributed by atoms with Crippen molar-refractivity contribution >= 4 is 35.0 Å². The summed E-state index contributed by atoms with van der Waals surface area (Å²) in [6.07, 6.45) is 0.271.